The molecule has 100 valence electrons. The lowest BCUT2D eigenvalue weighted by molar-refractivity contribution is 0.281. The number of pyridine rings is 1. The number of nitrogens with zero attached hydrogens (tertiary/aromatic N) is 1. The van der Waals surface area contributed by atoms with Gasteiger partial charge >= 0.3 is 0 Å². The molecule has 3 nitrogen and oxygen atoms in total. The first kappa shape index (κ1) is 14.2. The van der Waals surface area contributed by atoms with Crippen LogP contribution in [0.5, 0.6) is 11.6 Å². The van der Waals surface area contributed by atoms with Crippen LogP contribution in [0.3, 0.4) is 0 Å². The minimum Gasteiger partial charge on any atom is -0.438 e. The van der Waals surface area contributed by atoms with Gasteiger partial charge in [0.15, 0.2) is 0 Å². The fourth-order valence-electron chi connectivity index (χ4n) is 1.55. The van der Waals surface area contributed by atoms with Crippen molar-refractivity contribution in [1.29, 1.82) is 0 Å². The predicted octanol–water partition coefficient (Wildman–Crippen LogP) is 4.23. The number of aromatic nitrogens is 1. The third kappa shape index (κ3) is 3.43. The van der Waals surface area contributed by atoms with Crippen molar-refractivity contribution in [2.45, 2.75) is 13.5 Å². The van der Waals surface area contributed by atoms with Gasteiger partial charge in [-0.05, 0) is 40.5 Å². The van der Waals surface area contributed by atoms with Crippen molar-refractivity contribution in [1.82, 2.24) is 4.98 Å². The number of aliphatic hydroxyl groups excluding tert-OH is 1. The lowest BCUT2D eigenvalue weighted by Crippen LogP contribution is -1.95. The van der Waals surface area contributed by atoms with Crippen LogP contribution in [-0.2, 0) is 6.61 Å². The summed E-state index contributed by atoms with van der Waals surface area (Å²) in [6, 6.07) is 5.92. The normalized spacial score (nSPS) is 10.6. The quantitative estimate of drug-likeness (QED) is 0.846. The topological polar surface area (TPSA) is 42.4 Å². The Kier molecular flexibility index (Phi) is 4.39. The summed E-state index contributed by atoms with van der Waals surface area (Å²) in [7, 11) is 0. The van der Waals surface area contributed by atoms with E-state index in [2.05, 4.69) is 20.9 Å². The van der Waals surface area contributed by atoms with Crippen molar-refractivity contribution in [2.24, 2.45) is 0 Å². The molecule has 1 heterocycles. The Bertz CT molecular complexity index is 622. The minimum atomic E-state index is -0.574. The second kappa shape index (κ2) is 5.86. The number of aryl methyl sites for hydroxylation is 1. The fraction of sp³-hybridized carbons (Fsp3) is 0.154. The van der Waals surface area contributed by atoms with Gasteiger partial charge in [0.2, 0.25) is 5.88 Å². The standard InChI is InChI=1S/C13H10BrClFNO2/c1-7-2-8(6-18)3-13(17-7)19-12-5-11(16)10(15)4-9(12)14/h2-5,18H,6H2,1H3. The maximum atomic E-state index is 13.4. The molecule has 1 N–H and O–H groups in total. The number of aliphatic hydroxyl groups is 1. The number of benzene rings is 1. The number of ether oxygens (including phenoxy) is 1. The minimum absolute atomic E-state index is 0.00692. The molecule has 0 amide bonds. The van der Waals surface area contributed by atoms with Gasteiger partial charge in [0.05, 0.1) is 16.1 Å². The summed E-state index contributed by atoms with van der Waals surface area (Å²) in [6.07, 6.45) is 0. The van der Waals surface area contributed by atoms with Crippen molar-refractivity contribution < 1.29 is 14.2 Å². The van der Waals surface area contributed by atoms with E-state index in [4.69, 9.17) is 21.4 Å². The third-order valence-electron chi connectivity index (χ3n) is 2.36. The van der Waals surface area contributed by atoms with Crippen LogP contribution in [0, 0.1) is 12.7 Å². The molecule has 0 fully saturated rings. The van der Waals surface area contributed by atoms with E-state index in [0.717, 1.165) is 0 Å². The number of hydrogen-bond acceptors (Lipinski definition) is 3. The largest absolute Gasteiger partial charge is 0.438 e. The van der Waals surface area contributed by atoms with E-state index in [-0.39, 0.29) is 23.3 Å². The Labute approximate surface area is 123 Å². The number of hydrogen-bond donors (Lipinski definition) is 1. The zero-order valence-corrected chi connectivity index (χ0v) is 12.3. The van der Waals surface area contributed by atoms with Crippen LogP contribution in [0.1, 0.15) is 11.3 Å². The highest BCUT2D eigenvalue weighted by Gasteiger charge is 2.10. The van der Waals surface area contributed by atoms with Gasteiger partial charge < -0.3 is 9.84 Å². The Balaban J connectivity index is 2.36. The van der Waals surface area contributed by atoms with Crippen molar-refractivity contribution >= 4 is 27.5 Å². The zero-order valence-electron chi connectivity index (χ0n) is 9.95. The molecule has 2 aromatic rings. The summed E-state index contributed by atoms with van der Waals surface area (Å²) >= 11 is 8.89. The monoisotopic (exact) mass is 345 g/mol. The summed E-state index contributed by atoms with van der Waals surface area (Å²) in [5, 5.41) is 9.12. The van der Waals surface area contributed by atoms with Crippen LogP contribution >= 0.6 is 27.5 Å². The Morgan fingerprint density at radius 3 is 2.79 bits per heavy atom. The maximum absolute atomic E-state index is 13.4. The first-order valence-corrected chi connectivity index (χ1v) is 6.57. The number of halogens is 3. The molecule has 0 saturated heterocycles. The second-order valence-electron chi connectivity index (χ2n) is 3.91. The highest BCUT2D eigenvalue weighted by atomic mass is 79.9. The summed E-state index contributed by atoms with van der Waals surface area (Å²) < 4.78 is 19.4. The molecule has 0 saturated carbocycles. The van der Waals surface area contributed by atoms with E-state index in [0.29, 0.717) is 15.7 Å². The summed E-state index contributed by atoms with van der Waals surface area (Å²) in [5.74, 6) is -0.0229. The van der Waals surface area contributed by atoms with E-state index in [1.54, 1.807) is 19.1 Å². The molecule has 0 radical (unpaired) electrons. The molecular formula is C13H10BrClFNO2. The molecule has 0 atom stereocenters. The van der Waals surface area contributed by atoms with E-state index in [1.807, 2.05) is 0 Å². The highest BCUT2D eigenvalue weighted by molar-refractivity contribution is 9.10. The van der Waals surface area contributed by atoms with Gasteiger partial charge in [-0.15, -0.1) is 0 Å². The average molecular weight is 347 g/mol. The van der Waals surface area contributed by atoms with Crippen LogP contribution < -0.4 is 4.74 Å². The van der Waals surface area contributed by atoms with Gasteiger partial charge in [-0.2, -0.15) is 0 Å². The molecule has 0 spiro atoms. The molecular weight excluding hydrogens is 337 g/mol. The summed E-state index contributed by atoms with van der Waals surface area (Å²) in [4.78, 5) is 4.16. The van der Waals surface area contributed by atoms with Crippen LogP contribution in [-0.4, -0.2) is 10.1 Å². The highest BCUT2D eigenvalue weighted by Crippen LogP contribution is 2.33. The Morgan fingerprint density at radius 1 is 1.37 bits per heavy atom. The van der Waals surface area contributed by atoms with Crippen molar-refractivity contribution in [3.05, 3.63) is 50.8 Å². The molecule has 0 aliphatic rings. The molecule has 19 heavy (non-hydrogen) atoms. The van der Waals surface area contributed by atoms with E-state index >= 15 is 0 Å². The first-order chi connectivity index (χ1) is 8.99. The van der Waals surface area contributed by atoms with E-state index < -0.39 is 5.82 Å². The van der Waals surface area contributed by atoms with Crippen molar-refractivity contribution in [3.63, 3.8) is 0 Å². The van der Waals surface area contributed by atoms with E-state index in [1.165, 1.54) is 12.1 Å². The lowest BCUT2D eigenvalue weighted by Gasteiger charge is -2.09. The lowest BCUT2D eigenvalue weighted by atomic mass is 10.2. The maximum Gasteiger partial charge on any atom is 0.219 e. The third-order valence-corrected chi connectivity index (χ3v) is 3.27. The molecule has 0 aliphatic carbocycles. The summed E-state index contributed by atoms with van der Waals surface area (Å²) in [6.45, 7) is 1.67. The molecule has 2 rings (SSSR count). The SMILES string of the molecule is Cc1cc(CO)cc(Oc2cc(F)c(Cl)cc2Br)n1. The average Bonchev–Trinajstić information content (AvgIpc) is 2.35. The van der Waals surface area contributed by atoms with E-state index in [9.17, 15) is 4.39 Å². The molecule has 6 heteroatoms. The van der Waals surface area contributed by atoms with Gasteiger partial charge in [0.1, 0.15) is 11.6 Å². The van der Waals surface area contributed by atoms with Crippen LogP contribution in [0.4, 0.5) is 4.39 Å². The van der Waals surface area contributed by atoms with Gasteiger partial charge in [-0.3, -0.25) is 0 Å². The van der Waals surface area contributed by atoms with Gasteiger partial charge in [-0.25, -0.2) is 9.37 Å². The smallest absolute Gasteiger partial charge is 0.219 e. The number of rotatable bonds is 3. The van der Waals surface area contributed by atoms with Crippen molar-refractivity contribution in [2.75, 3.05) is 0 Å². The molecule has 1 aromatic heterocycles. The summed E-state index contributed by atoms with van der Waals surface area (Å²) in [5.41, 5.74) is 1.38. The molecule has 0 bridgehead atoms. The van der Waals surface area contributed by atoms with Crippen LogP contribution in [0.15, 0.2) is 28.7 Å². The molecule has 1 aromatic carbocycles. The Morgan fingerprint density at radius 2 is 2.11 bits per heavy atom. The fourth-order valence-corrected chi connectivity index (χ4v) is 2.27. The van der Waals surface area contributed by atoms with Gasteiger partial charge in [-0.1, -0.05) is 11.6 Å². The van der Waals surface area contributed by atoms with Gasteiger partial charge in [0, 0.05) is 17.8 Å². The van der Waals surface area contributed by atoms with Crippen LogP contribution in [0.2, 0.25) is 5.02 Å². The van der Waals surface area contributed by atoms with Crippen molar-refractivity contribution in [3.8, 4) is 11.6 Å². The second-order valence-corrected chi connectivity index (χ2v) is 5.17. The molecule has 0 aliphatic heterocycles. The zero-order chi connectivity index (χ0) is 14.0. The Hall–Kier alpha value is -1.17. The van der Waals surface area contributed by atoms with Gasteiger partial charge in [0.25, 0.3) is 0 Å². The first-order valence-electron chi connectivity index (χ1n) is 5.40. The molecule has 0 unspecified atom stereocenters. The predicted molar refractivity (Wildman–Crippen MR) is 74.1 cm³/mol. The van der Waals surface area contributed by atoms with Crippen LogP contribution in [0.25, 0.3) is 0 Å².